The van der Waals surface area contributed by atoms with Crippen LogP contribution in [0.2, 0.25) is 0 Å². The summed E-state index contributed by atoms with van der Waals surface area (Å²) in [4.78, 5) is 11.7. The molecular formula is C17H31NO7. The molecule has 8 heteroatoms. The number of amides is 1. The van der Waals surface area contributed by atoms with Crippen molar-refractivity contribution in [1.82, 2.24) is 5.32 Å². The Morgan fingerprint density at radius 1 is 1.32 bits per heavy atom. The van der Waals surface area contributed by atoms with Gasteiger partial charge in [-0.15, -0.1) is 0 Å². The molecule has 0 bridgehead atoms. The van der Waals surface area contributed by atoms with Gasteiger partial charge in [0.2, 0.25) is 5.91 Å². The van der Waals surface area contributed by atoms with Crippen LogP contribution in [-0.2, 0) is 14.3 Å². The molecule has 0 aliphatic carbocycles. The molecule has 0 radical (unpaired) electrons. The van der Waals surface area contributed by atoms with Crippen molar-refractivity contribution in [3.8, 4) is 0 Å². The highest BCUT2D eigenvalue weighted by atomic mass is 16.7. The minimum absolute atomic E-state index is 0.123. The Morgan fingerprint density at radius 2 is 2.00 bits per heavy atom. The fourth-order valence-corrected chi connectivity index (χ4v) is 2.56. The Balaban J connectivity index is 2.73. The fraction of sp³-hybridized carbons (Fsp3) is 0.824. The minimum Gasteiger partial charge on any atom is -0.394 e. The minimum atomic E-state index is -1.29. The van der Waals surface area contributed by atoms with Crippen LogP contribution in [0.1, 0.15) is 33.6 Å². The zero-order valence-electron chi connectivity index (χ0n) is 15.0. The van der Waals surface area contributed by atoms with Crippen molar-refractivity contribution >= 4 is 5.91 Å². The lowest BCUT2D eigenvalue weighted by Crippen LogP contribution is -2.56. The first-order valence-corrected chi connectivity index (χ1v) is 8.73. The largest absolute Gasteiger partial charge is 0.394 e. The van der Waals surface area contributed by atoms with Gasteiger partial charge in [-0.1, -0.05) is 32.9 Å². The van der Waals surface area contributed by atoms with Gasteiger partial charge in [-0.05, 0) is 6.42 Å². The molecule has 0 aromatic carbocycles. The molecule has 0 aromatic rings. The molecule has 1 aliphatic heterocycles. The predicted octanol–water partition coefficient (Wildman–Crippen LogP) is -0.700. The van der Waals surface area contributed by atoms with Crippen LogP contribution in [0, 0.1) is 5.92 Å². The lowest BCUT2D eigenvalue weighted by atomic mass is 9.91. The van der Waals surface area contributed by atoms with E-state index in [0.717, 1.165) is 6.42 Å². The lowest BCUT2D eigenvalue weighted by Gasteiger charge is -2.41. The quantitative estimate of drug-likeness (QED) is 0.344. The Kier molecular flexibility index (Phi) is 9.55. The standard InChI is InChI=1S/C17H31NO7/c1-4-6-7-12(20)11(18-14(21)5-2)9-24-17-16(23)15(22)10(3)13(8-19)25-17/h6-7,10-13,15-17,19-20,22-23H,4-5,8-9H2,1-3H3,(H,18,21)/t10?,11-,12+,13?,15?,16?,17?/m0/s1. The number of nitrogens with one attached hydrogen (secondary N) is 1. The number of allylic oxidation sites excluding steroid dienone is 1. The van der Waals surface area contributed by atoms with Gasteiger partial charge in [-0.3, -0.25) is 4.79 Å². The summed E-state index contributed by atoms with van der Waals surface area (Å²) in [6.45, 7) is 4.83. The maximum absolute atomic E-state index is 11.7. The molecule has 8 nitrogen and oxygen atoms in total. The number of hydrogen-bond donors (Lipinski definition) is 5. The topological polar surface area (TPSA) is 128 Å². The molecule has 1 rings (SSSR count). The average molecular weight is 361 g/mol. The Bertz CT molecular complexity index is 429. The zero-order chi connectivity index (χ0) is 19.0. The van der Waals surface area contributed by atoms with Gasteiger partial charge < -0.3 is 35.2 Å². The second-order valence-electron chi connectivity index (χ2n) is 6.25. The number of rotatable bonds is 9. The van der Waals surface area contributed by atoms with Crippen molar-refractivity contribution in [2.45, 2.75) is 70.4 Å². The maximum atomic E-state index is 11.7. The number of aliphatic hydroxyl groups excluding tert-OH is 4. The second-order valence-corrected chi connectivity index (χ2v) is 6.25. The summed E-state index contributed by atoms with van der Waals surface area (Å²) in [5, 5.41) is 42.3. The molecule has 7 atom stereocenters. The van der Waals surface area contributed by atoms with Gasteiger partial charge in [-0.25, -0.2) is 0 Å². The maximum Gasteiger partial charge on any atom is 0.220 e. The Morgan fingerprint density at radius 3 is 2.56 bits per heavy atom. The Hall–Kier alpha value is -1.03. The van der Waals surface area contributed by atoms with E-state index in [1.165, 1.54) is 0 Å². The summed E-state index contributed by atoms with van der Waals surface area (Å²) in [5.74, 6) is -0.696. The van der Waals surface area contributed by atoms with Crippen LogP contribution in [0.15, 0.2) is 12.2 Å². The molecule has 25 heavy (non-hydrogen) atoms. The van der Waals surface area contributed by atoms with E-state index in [9.17, 15) is 25.2 Å². The van der Waals surface area contributed by atoms with E-state index in [4.69, 9.17) is 9.47 Å². The molecule has 5 N–H and O–H groups in total. The molecule has 146 valence electrons. The van der Waals surface area contributed by atoms with Crippen LogP contribution in [0.25, 0.3) is 0 Å². The first kappa shape index (κ1) is 22.0. The first-order valence-electron chi connectivity index (χ1n) is 8.73. The van der Waals surface area contributed by atoms with Crippen molar-refractivity contribution in [3.63, 3.8) is 0 Å². The smallest absolute Gasteiger partial charge is 0.220 e. The summed E-state index contributed by atoms with van der Waals surface area (Å²) in [5.41, 5.74) is 0. The number of ether oxygens (including phenoxy) is 2. The summed E-state index contributed by atoms with van der Waals surface area (Å²) >= 11 is 0. The monoisotopic (exact) mass is 361 g/mol. The molecular weight excluding hydrogens is 330 g/mol. The van der Waals surface area contributed by atoms with E-state index < -0.39 is 42.7 Å². The van der Waals surface area contributed by atoms with Gasteiger partial charge in [-0.2, -0.15) is 0 Å². The van der Waals surface area contributed by atoms with E-state index in [1.807, 2.05) is 6.92 Å². The van der Waals surface area contributed by atoms with Crippen molar-refractivity contribution < 1.29 is 34.7 Å². The van der Waals surface area contributed by atoms with E-state index in [2.05, 4.69) is 5.32 Å². The summed E-state index contributed by atoms with van der Waals surface area (Å²) in [7, 11) is 0. The van der Waals surface area contributed by atoms with Crippen LogP contribution in [0.3, 0.4) is 0 Å². The van der Waals surface area contributed by atoms with E-state index in [1.54, 1.807) is 26.0 Å². The molecule has 0 aromatic heterocycles. The highest BCUT2D eigenvalue weighted by Gasteiger charge is 2.42. The third kappa shape index (κ3) is 6.32. The van der Waals surface area contributed by atoms with Crippen molar-refractivity contribution in [2.24, 2.45) is 5.92 Å². The molecule has 5 unspecified atom stereocenters. The zero-order valence-corrected chi connectivity index (χ0v) is 15.0. The molecule has 0 spiro atoms. The fourth-order valence-electron chi connectivity index (χ4n) is 2.56. The van der Waals surface area contributed by atoms with Gasteiger partial charge in [0.15, 0.2) is 6.29 Å². The molecule has 1 heterocycles. The van der Waals surface area contributed by atoms with Crippen LogP contribution in [0.5, 0.6) is 0 Å². The first-order chi connectivity index (χ1) is 11.8. The number of carbonyl (C=O) groups excluding carboxylic acids is 1. The highest BCUT2D eigenvalue weighted by molar-refractivity contribution is 5.75. The molecule has 1 saturated heterocycles. The normalized spacial score (nSPS) is 32.5. The Labute approximate surface area is 148 Å². The molecule has 1 aliphatic rings. The SMILES string of the molecule is CCC=C[C@@H](O)[C@H](COC1OC(CO)C(C)C(O)C1O)NC(=O)CC. The molecule has 0 saturated carbocycles. The summed E-state index contributed by atoms with van der Waals surface area (Å²) < 4.78 is 11.0. The average Bonchev–Trinajstić information content (AvgIpc) is 2.62. The molecule has 1 fully saturated rings. The van der Waals surface area contributed by atoms with Gasteiger partial charge in [0.25, 0.3) is 0 Å². The third-order valence-electron chi connectivity index (χ3n) is 4.33. The lowest BCUT2D eigenvalue weighted by molar-refractivity contribution is -0.289. The van der Waals surface area contributed by atoms with E-state index in [-0.39, 0.29) is 25.5 Å². The number of carbonyl (C=O) groups is 1. The van der Waals surface area contributed by atoms with Gasteiger partial charge in [0, 0.05) is 12.3 Å². The van der Waals surface area contributed by atoms with Crippen LogP contribution >= 0.6 is 0 Å². The van der Waals surface area contributed by atoms with Crippen LogP contribution in [0.4, 0.5) is 0 Å². The van der Waals surface area contributed by atoms with Crippen LogP contribution < -0.4 is 5.32 Å². The predicted molar refractivity (Wildman–Crippen MR) is 90.5 cm³/mol. The number of hydrogen-bond acceptors (Lipinski definition) is 7. The summed E-state index contributed by atoms with van der Waals surface area (Å²) in [6, 6.07) is -0.727. The van der Waals surface area contributed by atoms with Gasteiger partial charge in [0.1, 0.15) is 6.10 Å². The van der Waals surface area contributed by atoms with E-state index in [0.29, 0.717) is 0 Å². The summed E-state index contributed by atoms with van der Waals surface area (Å²) in [6.07, 6.45) is -0.860. The van der Waals surface area contributed by atoms with E-state index >= 15 is 0 Å². The number of aliphatic hydroxyl groups is 4. The highest BCUT2D eigenvalue weighted by Crippen LogP contribution is 2.26. The van der Waals surface area contributed by atoms with Crippen molar-refractivity contribution in [1.29, 1.82) is 0 Å². The van der Waals surface area contributed by atoms with Crippen LogP contribution in [-0.4, -0.2) is 76.3 Å². The second kappa shape index (κ2) is 10.8. The van der Waals surface area contributed by atoms with Crippen molar-refractivity contribution in [2.75, 3.05) is 13.2 Å². The van der Waals surface area contributed by atoms with Gasteiger partial charge >= 0.3 is 0 Å². The van der Waals surface area contributed by atoms with Crippen molar-refractivity contribution in [3.05, 3.63) is 12.2 Å². The van der Waals surface area contributed by atoms with Gasteiger partial charge in [0.05, 0.1) is 37.6 Å². The molecule has 1 amide bonds. The third-order valence-corrected chi connectivity index (χ3v) is 4.33.